The van der Waals surface area contributed by atoms with E-state index in [4.69, 9.17) is 11.6 Å². The Hall–Kier alpha value is -0.910. The number of aryl methyl sites for hydroxylation is 2. The highest BCUT2D eigenvalue weighted by Gasteiger charge is 2.22. The van der Waals surface area contributed by atoms with Crippen LogP contribution in [0.25, 0.3) is 0 Å². The molecule has 0 aliphatic carbocycles. The summed E-state index contributed by atoms with van der Waals surface area (Å²) in [6.07, 6.45) is 0.808. The Labute approximate surface area is 103 Å². The van der Waals surface area contributed by atoms with Crippen molar-refractivity contribution in [1.82, 2.24) is 14.8 Å². The first-order valence-corrected chi connectivity index (χ1v) is 6.20. The van der Waals surface area contributed by atoms with Gasteiger partial charge in [0.25, 0.3) is 0 Å². The summed E-state index contributed by atoms with van der Waals surface area (Å²) in [6.45, 7) is 4.51. The summed E-state index contributed by atoms with van der Waals surface area (Å²) in [7, 11) is 0. The number of halogens is 1. The van der Waals surface area contributed by atoms with Gasteiger partial charge in [0.1, 0.15) is 6.10 Å². The Kier molecular flexibility index (Phi) is 3.28. The average molecular weight is 258 g/mol. The molecule has 6 heteroatoms. The number of aliphatic hydroxyl groups is 1. The topological polar surface area (TPSA) is 50.9 Å². The maximum Gasteiger partial charge on any atom is 0.133 e. The van der Waals surface area contributed by atoms with Crippen LogP contribution >= 0.6 is 22.9 Å². The van der Waals surface area contributed by atoms with Gasteiger partial charge in [-0.05, 0) is 13.8 Å². The molecule has 0 aromatic carbocycles. The molecule has 0 aliphatic rings. The fourth-order valence-corrected chi connectivity index (χ4v) is 2.63. The molecule has 0 saturated carbocycles. The van der Waals surface area contributed by atoms with Gasteiger partial charge in [-0.25, -0.2) is 4.98 Å². The van der Waals surface area contributed by atoms with Crippen LogP contribution in [0.5, 0.6) is 0 Å². The molecule has 86 valence electrons. The lowest BCUT2D eigenvalue weighted by molar-refractivity contribution is 0.211. The summed E-state index contributed by atoms with van der Waals surface area (Å²) in [6, 6.07) is 0. The van der Waals surface area contributed by atoms with Gasteiger partial charge < -0.3 is 5.11 Å². The normalized spacial score (nSPS) is 13.0. The summed E-state index contributed by atoms with van der Waals surface area (Å²) in [5.41, 5.74) is 3.18. The summed E-state index contributed by atoms with van der Waals surface area (Å²) in [5, 5.41) is 14.9. The third-order valence-corrected chi connectivity index (χ3v) is 3.70. The zero-order valence-electron chi connectivity index (χ0n) is 9.01. The van der Waals surface area contributed by atoms with Crippen molar-refractivity contribution in [2.24, 2.45) is 0 Å². The molecule has 1 unspecified atom stereocenters. The lowest BCUT2D eigenvalue weighted by Gasteiger charge is -2.12. The summed E-state index contributed by atoms with van der Waals surface area (Å²) in [4.78, 5) is 4.94. The maximum atomic E-state index is 10.3. The molecule has 2 rings (SSSR count). The van der Waals surface area contributed by atoms with E-state index in [1.165, 1.54) is 11.3 Å². The molecule has 0 amide bonds. The summed E-state index contributed by atoms with van der Waals surface area (Å²) in [5.74, 6) is 0. The largest absolute Gasteiger partial charge is 0.381 e. The van der Waals surface area contributed by atoms with Crippen molar-refractivity contribution in [2.75, 3.05) is 0 Å². The van der Waals surface area contributed by atoms with Gasteiger partial charge >= 0.3 is 0 Å². The third kappa shape index (κ3) is 1.86. The fraction of sp³-hybridized carbons (Fsp3) is 0.400. The van der Waals surface area contributed by atoms with Gasteiger partial charge in [-0.2, -0.15) is 5.10 Å². The van der Waals surface area contributed by atoms with Gasteiger partial charge in [0, 0.05) is 6.54 Å². The Morgan fingerprint density at radius 1 is 1.62 bits per heavy atom. The van der Waals surface area contributed by atoms with E-state index in [0.717, 1.165) is 10.6 Å². The summed E-state index contributed by atoms with van der Waals surface area (Å²) >= 11 is 7.45. The van der Waals surface area contributed by atoms with E-state index in [1.54, 1.807) is 16.4 Å². The van der Waals surface area contributed by atoms with E-state index in [1.807, 2.05) is 13.8 Å². The predicted molar refractivity (Wildman–Crippen MR) is 63.8 cm³/mol. The molecule has 4 nitrogen and oxygen atoms in total. The molecule has 0 saturated heterocycles. The zero-order valence-corrected chi connectivity index (χ0v) is 10.6. The molecule has 16 heavy (non-hydrogen) atoms. The fourth-order valence-electron chi connectivity index (χ4n) is 1.59. The highest BCUT2D eigenvalue weighted by Crippen LogP contribution is 2.31. The van der Waals surface area contributed by atoms with Crippen LogP contribution in [-0.2, 0) is 6.54 Å². The van der Waals surface area contributed by atoms with Crippen molar-refractivity contribution in [3.63, 3.8) is 0 Å². The van der Waals surface area contributed by atoms with E-state index in [0.29, 0.717) is 17.3 Å². The van der Waals surface area contributed by atoms with Gasteiger partial charge in [-0.1, -0.05) is 11.6 Å². The van der Waals surface area contributed by atoms with E-state index < -0.39 is 6.10 Å². The van der Waals surface area contributed by atoms with E-state index in [-0.39, 0.29) is 0 Å². The van der Waals surface area contributed by atoms with Gasteiger partial charge in [0.2, 0.25) is 0 Å². The monoisotopic (exact) mass is 257 g/mol. The van der Waals surface area contributed by atoms with Crippen LogP contribution in [-0.4, -0.2) is 19.9 Å². The first-order chi connectivity index (χ1) is 7.65. The maximum absolute atomic E-state index is 10.3. The van der Waals surface area contributed by atoms with Crippen molar-refractivity contribution in [3.8, 4) is 0 Å². The highest BCUT2D eigenvalue weighted by atomic mass is 35.5. The Bertz CT molecular complexity index is 494. The van der Waals surface area contributed by atoms with Gasteiger partial charge in [-0.15, -0.1) is 11.3 Å². The first kappa shape index (κ1) is 11.6. The Morgan fingerprint density at radius 2 is 2.38 bits per heavy atom. The molecular weight excluding hydrogens is 246 g/mol. The summed E-state index contributed by atoms with van der Waals surface area (Å²) < 4.78 is 1.70. The standard InChI is InChI=1S/C10H12ClN3OS/c1-3-14-8(7(11)4-13-14)9(15)10-6(2)12-5-16-10/h4-5,9,15H,3H2,1-2H3. The Morgan fingerprint density at radius 3 is 2.94 bits per heavy atom. The molecule has 2 aromatic heterocycles. The van der Waals surface area contributed by atoms with Crippen LogP contribution in [0.3, 0.4) is 0 Å². The predicted octanol–water partition coefficient (Wildman–Crippen LogP) is 2.40. The smallest absolute Gasteiger partial charge is 0.133 e. The third-order valence-electron chi connectivity index (χ3n) is 2.42. The molecule has 0 spiro atoms. The number of nitrogens with zero attached hydrogens (tertiary/aromatic N) is 3. The second kappa shape index (κ2) is 4.53. The molecule has 2 heterocycles. The molecule has 0 fully saturated rings. The van der Waals surface area contributed by atoms with E-state index >= 15 is 0 Å². The Balaban J connectivity index is 2.44. The van der Waals surface area contributed by atoms with Crippen molar-refractivity contribution < 1.29 is 5.11 Å². The lowest BCUT2D eigenvalue weighted by atomic mass is 10.2. The van der Waals surface area contributed by atoms with Crippen LogP contribution in [0.15, 0.2) is 11.7 Å². The molecule has 0 radical (unpaired) electrons. The second-order valence-corrected chi connectivity index (χ2v) is 4.69. The minimum atomic E-state index is -0.748. The van der Waals surface area contributed by atoms with E-state index in [2.05, 4.69) is 10.1 Å². The minimum absolute atomic E-state index is 0.488. The number of thiazole rings is 1. The van der Waals surface area contributed by atoms with Crippen molar-refractivity contribution in [2.45, 2.75) is 26.5 Å². The molecule has 0 aliphatic heterocycles. The van der Waals surface area contributed by atoms with Crippen molar-refractivity contribution >= 4 is 22.9 Å². The number of hydrogen-bond donors (Lipinski definition) is 1. The molecule has 1 atom stereocenters. The molecular formula is C10H12ClN3OS. The quantitative estimate of drug-likeness (QED) is 0.919. The number of aliphatic hydroxyl groups excluding tert-OH is 1. The first-order valence-electron chi connectivity index (χ1n) is 4.94. The van der Waals surface area contributed by atoms with Crippen LogP contribution in [0.2, 0.25) is 5.02 Å². The van der Waals surface area contributed by atoms with Gasteiger partial charge in [0.05, 0.1) is 33.0 Å². The molecule has 1 N–H and O–H groups in total. The lowest BCUT2D eigenvalue weighted by Crippen LogP contribution is -2.09. The molecule has 0 bridgehead atoms. The highest BCUT2D eigenvalue weighted by molar-refractivity contribution is 7.09. The van der Waals surface area contributed by atoms with Gasteiger partial charge in [-0.3, -0.25) is 4.68 Å². The average Bonchev–Trinajstić information content (AvgIpc) is 2.83. The second-order valence-electron chi connectivity index (χ2n) is 3.40. The van der Waals surface area contributed by atoms with Gasteiger partial charge in [0.15, 0.2) is 0 Å². The zero-order chi connectivity index (χ0) is 11.7. The van der Waals surface area contributed by atoms with Crippen LogP contribution < -0.4 is 0 Å². The number of rotatable bonds is 3. The van der Waals surface area contributed by atoms with Crippen LogP contribution in [0, 0.1) is 6.92 Å². The van der Waals surface area contributed by atoms with Crippen molar-refractivity contribution in [1.29, 1.82) is 0 Å². The SMILES string of the molecule is CCn1ncc(Cl)c1C(O)c1scnc1C. The van der Waals surface area contributed by atoms with Crippen LogP contribution in [0.4, 0.5) is 0 Å². The van der Waals surface area contributed by atoms with Crippen LogP contribution in [0.1, 0.15) is 29.3 Å². The minimum Gasteiger partial charge on any atom is -0.381 e. The number of hydrogen-bond acceptors (Lipinski definition) is 4. The number of aromatic nitrogens is 3. The van der Waals surface area contributed by atoms with Crippen molar-refractivity contribution in [3.05, 3.63) is 33.0 Å². The molecule has 2 aromatic rings. The van der Waals surface area contributed by atoms with E-state index in [9.17, 15) is 5.11 Å².